The summed E-state index contributed by atoms with van der Waals surface area (Å²) in [7, 11) is 0. The van der Waals surface area contributed by atoms with E-state index in [1.807, 2.05) is 0 Å². The molecule has 0 heterocycles. The van der Waals surface area contributed by atoms with Crippen molar-refractivity contribution in [3.8, 4) is 35.5 Å². The summed E-state index contributed by atoms with van der Waals surface area (Å²) in [6, 6.07) is 0. The quantitative estimate of drug-likeness (QED) is 0.287. The van der Waals surface area contributed by atoms with Crippen LogP contribution in [0.25, 0.3) is 0 Å². The van der Waals surface area contributed by atoms with Crippen LogP contribution in [0.1, 0.15) is 111 Å². The van der Waals surface area contributed by atoms with E-state index in [1.54, 1.807) is 0 Å². The summed E-state index contributed by atoms with van der Waals surface area (Å²) in [6.07, 6.45) is 14.7. The van der Waals surface area contributed by atoms with E-state index in [2.05, 4.69) is 63.2 Å². The zero-order valence-electron chi connectivity index (χ0n) is 17.2. The van der Waals surface area contributed by atoms with Crippen LogP contribution >= 0.6 is 0 Å². The highest BCUT2D eigenvalue weighted by Gasteiger charge is 2.01. The lowest BCUT2D eigenvalue weighted by Crippen LogP contribution is -1.89. The average Bonchev–Trinajstić information content (AvgIpc) is 2.63. The highest BCUT2D eigenvalue weighted by atomic mass is 14.0. The summed E-state index contributed by atoms with van der Waals surface area (Å²) in [5.41, 5.74) is 2.17. The molecule has 0 spiro atoms. The Labute approximate surface area is 158 Å². The van der Waals surface area contributed by atoms with Crippen LogP contribution < -0.4 is 0 Å². The first kappa shape index (κ1) is 23.4. The van der Waals surface area contributed by atoms with E-state index in [9.17, 15) is 0 Å². The molecule has 0 atom stereocenters. The lowest BCUT2D eigenvalue weighted by atomic mass is 10.0. The summed E-state index contributed by atoms with van der Waals surface area (Å²) >= 11 is 0. The fourth-order valence-corrected chi connectivity index (χ4v) is 2.25. The second-order valence-corrected chi connectivity index (χ2v) is 6.53. The molecular weight excluding hydrogens is 300 g/mol. The summed E-state index contributed by atoms with van der Waals surface area (Å²) in [4.78, 5) is 0. The fourth-order valence-electron chi connectivity index (χ4n) is 2.25. The van der Waals surface area contributed by atoms with E-state index < -0.39 is 0 Å². The first-order valence-electron chi connectivity index (χ1n) is 10.5. The van der Waals surface area contributed by atoms with E-state index in [4.69, 9.17) is 0 Å². The molecule has 138 valence electrons. The Morgan fingerprint density at radius 1 is 0.520 bits per heavy atom. The predicted octanol–water partition coefficient (Wildman–Crippen LogP) is 7.44. The van der Waals surface area contributed by atoms with Crippen LogP contribution in [0, 0.1) is 35.5 Å². The Morgan fingerprint density at radius 3 is 1.40 bits per heavy atom. The lowest BCUT2D eigenvalue weighted by molar-refractivity contribution is 0.720. The van der Waals surface area contributed by atoms with Crippen LogP contribution in [0.3, 0.4) is 0 Å². The molecule has 0 fully saturated rings. The van der Waals surface area contributed by atoms with E-state index in [0.717, 1.165) is 44.1 Å². The van der Waals surface area contributed by atoms with Crippen LogP contribution in [0.5, 0.6) is 0 Å². The van der Waals surface area contributed by atoms with E-state index in [1.165, 1.54) is 50.5 Å². The van der Waals surface area contributed by atoms with E-state index >= 15 is 0 Å². The first-order chi connectivity index (χ1) is 12.3. The Morgan fingerprint density at radius 2 is 0.960 bits per heavy atom. The predicted molar refractivity (Wildman–Crippen MR) is 113 cm³/mol. The van der Waals surface area contributed by atoms with Gasteiger partial charge in [-0.25, -0.2) is 0 Å². The van der Waals surface area contributed by atoms with Crippen molar-refractivity contribution in [2.45, 2.75) is 111 Å². The maximum absolute atomic E-state index is 3.42. The van der Waals surface area contributed by atoms with Crippen LogP contribution in [-0.4, -0.2) is 0 Å². The molecule has 0 rings (SSSR count). The van der Waals surface area contributed by atoms with Crippen LogP contribution in [0.15, 0.2) is 11.1 Å². The first-order valence-corrected chi connectivity index (χ1v) is 10.5. The Bertz CT molecular complexity index is 500. The largest absolute Gasteiger partial charge is 0.0982 e. The Kier molecular flexibility index (Phi) is 17.6. The number of hydrogen-bond acceptors (Lipinski definition) is 0. The van der Waals surface area contributed by atoms with Gasteiger partial charge in [0.2, 0.25) is 0 Å². The van der Waals surface area contributed by atoms with Crippen molar-refractivity contribution in [3.05, 3.63) is 11.1 Å². The molecule has 0 saturated carbocycles. The van der Waals surface area contributed by atoms with Gasteiger partial charge in [0.1, 0.15) is 0 Å². The van der Waals surface area contributed by atoms with Crippen molar-refractivity contribution in [2.75, 3.05) is 0 Å². The topological polar surface area (TPSA) is 0 Å². The highest BCUT2D eigenvalue weighted by Crippen LogP contribution is 2.13. The molecule has 0 aromatic carbocycles. The molecule has 0 N–H and O–H groups in total. The highest BCUT2D eigenvalue weighted by molar-refractivity contribution is 5.53. The van der Waals surface area contributed by atoms with Crippen molar-refractivity contribution < 1.29 is 0 Å². The van der Waals surface area contributed by atoms with Gasteiger partial charge in [0, 0.05) is 24.8 Å². The Balaban J connectivity index is 5.40. The number of hydrogen-bond donors (Lipinski definition) is 0. The molecule has 0 amide bonds. The van der Waals surface area contributed by atoms with Gasteiger partial charge < -0.3 is 0 Å². The fraction of sp³-hybridized carbons (Fsp3) is 0.680. The van der Waals surface area contributed by atoms with E-state index in [0.29, 0.717) is 0 Å². The third-order valence-electron chi connectivity index (χ3n) is 3.96. The Hall–Kier alpha value is -1.58. The maximum atomic E-state index is 3.42. The summed E-state index contributed by atoms with van der Waals surface area (Å²) in [5.74, 6) is 20.1. The van der Waals surface area contributed by atoms with Gasteiger partial charge in [-0.15, -0.1) is 0 Å². The molecule has 0 aliphatic carbocycles. The van der Waals surface area contributed by atoms with Gasteiger partial charge in [-0.05, 0) is 32.1 Å². The minimum Gasteiger partial charge on any atom is -0.0982 e. The second-order valence-electron chi connectivity index (χ2n) is 6.53. The monoisotopic (exact) mass is 338 g/mol. The van der Waals surface area contributed by atoms with Crippen LogP contribution in [-0.2, 0) is 0 Å². The zero-order valence-corrected chi connectivity index (χ0v) is 17.2. The molecule has 0 nitrogen and oxygen atoms in total. The lowest BCUT2D eigenvalue weighted by Gasteiger charge is -2.01. The number of allylic oxidation sites excluding steroid dienone is 2. The van der Waals surface area contributed by atoms with Crippen LogP contribution in [0.4, 0.5) is 0 Å². The molecule has 0 aromatic rings. The van der Waals surface area contributed by atoms with Gasteiger partial charge in [-0.3, -0.25) is 0 Å². The molecule has 0 aliphatic heterocycles. The third-order valence-corrected chi connectivity index (χ3v) is 3.96. The molecule has 25 heavy (non-hydrogen) atoms. The molecular formula is C25H38. The maximum Gasteiger partial charge on any atom is 0.0859 e. The summed E-state index contributed by atoms with van der Waals surface area (Å²) in [6.45, 7) is 8.87. The number of rotatable bonds is 10. The third kappa shape index (κ3) is 14.5. The SMILES string of the molecule is CCCCC#CC(C#CCCCC)=C(C#CCCCC)CCCCC. The van der Waals surface area contributed by atoms with Gasteiger partial charge in [0.25, 0.3) is 0 Å². The minimum atomic E-state index is 0.960. The van der Waals surface area contributed by atoms with Crippen LogP contribution in [0.2, 0.25) is 0 Å². The number of unbranched alkanes of at least 4 members (excludes halogenated alkanes) is 8. The molecule has 0 saturated heterocycles. The van der Waals surface area contributed by atoms with Gasteiger partial charge in [-0.2, -0.15) is 0 Å². The van der Waals surface area contributed by atoms with Crippen molar-refractivity contribution in [3.63, 3.8) is 0 Å². The van der Waals surface area contributed by atoms with Crippen molar-refractivity contribution >= 4 is 0 Å². The summed E-state index contributed by atoms with van der Waals surface area (Å²) < 4.78 is 0. The van der Waals surface area contributed by atoms with E-state index in [-0.39, 0.29) is 0 Å². The zero-order chi connectivity index (χ0) is 18.6. The molecule has 0 aromatic heterocycles. The van der Waals surface area contributed by atoms with Gasteiger partial charge in [0.05, 0.1) is 5.57 Å². The molecule has 0 unspecified atom stereocenters. The van der Waals surface area contributed by atoms with Gasteiger partial charge >= 0.3 is 0 Å². The molecule has 0 aliphatic rings. The summed E-state index contributed by atoms with van der Waals surface area (Å²) in [5, 5.41) is 0. The van der Waals surface area contributed by atoms with Gasteiger partial charge in [-0.1, -0.05) is 95.3 Å². The molecule has 0 heteroatoms. The normalized spacial score (nSPS) is 9.12. The average molecular weight is 339 g/mol. The molecule has 0 radical (unpaired) electrons. The van der Waals surface area contributed by atoms with Gasteiger partial charge in [0.15, 0.2) is 0 Å². The second kappa shape index (κ2) is 18.8. The van der Waals surface area contributed by atoms with Crippen molar-refractivity contribution in [1.29, 1.82) is 0 Å². The standard InChI is InChI=1S/C25H38/c1-5-9-13-17-21-24(20-16-12-8-4)25(22-18-14-10-6-2)23-19-15-11-7-3/h5-16,20H2,1-4H3. The molecule has 0 bridgehead atoms. The smallest absolute Gasteiger partial charge is 0.0859 e. The van der Waals surface area contributed by atoms with Crippen molar-refractivity contribution in [1.82, 2.24) is 0 Å². The van der Waals surface area contributed by atoms with Crippen molar-refractivity contribution in [2.24, 2.45) is 0 Å². The minimum absolute atomic E-state index is 0.960.